The Balaban J connectivity index is -0.000000101. The van der Waals surface area contributed by atoms with Crippen LogP contribution >= 0.6 is 0 Å². The molecule has 8 N–H and O–H groups in total. The van der Waals surface area contributed by atoms with Gasteiger partial charge >= 0.3 is 0 Å². The fourth-order valence-corrected chi connectivity index (χ4v) is 2.16. The van der Waals surface area contributed by atoms with Crippen molar-refractivity contribution in [1.82, 2.24) is 9.88 Å². The third-order valence-corrected chi connectivity index (χ3v) is 3.54. The predicted octanol–water partition coefficient (Wildman–Crippen LogP) is 5.05. The number of hydrogen-bond donors (Lipinski definition) is 6. The van der Waals surface area contributed by atoms with Crippen molar-refractivity contribution < 1.29 is 57.8 Å². The van der Waals surface area contributed by atoms with Crippen LogP contribution in [0.2, 0.25) is 0 Å². The van der Waals surface area contributed by atoms with Crippen molar-refractivity contribution >= 4 is 10.9 Å². The number of likely N-dealkylation sites (N-methyl/N-ethyl adjacent to an activating group) is 1. The Morgan fingerprint density at radius 2 is 1.10 bits per heavy atom. The quantitative estimate of drug-likeness (QED) is 0.157. The number of benzene rings is 1. The average molecular weight is 613 g/mol. The first-order valence-corrected chi connectivity index (χ1v) is 13.7. The van der Waals surface area contributed by atoms with Crippen LogP contribution in [0.1, 0.15) is 95.6 Å². The Bertz CT molecular complexity index is 695. The number of aliphatic hydroxyl groups excluding tert-OH is 4. The van der Waals surface area contributed by atoms with Crippen LogP contribution in [0.4, 0.5) is 0 Å². The largest absolute Gasteiger partial charge is 0.412 e. The van der Waals surface area contributed by atoms with Gasteiger partial charge < -0.3 is 35.8 Å². The van der Waals surface area contributed by atoms with E-state index in [0.29, 0.717) is 0 Å². The summed E-state index contributed by atoms with van der Waals surface area (Å²) >= 11 is 0. The molecular weight excluding hydrogens is 548 g/mol. The molecule has 0 saturated heterocycles. The number of H-pyrrole nitrogens is 1. The minimum atomic E-state index is -0.403. The second kappa shape index (κ2) is 32.7. The summed E-state index contributed by atoms with van der Waals surface area (Å²) in [5.41, 5.74) is 2.28. The molecule has 0 bridgehead atoms. The van der Waals surface area contributed by atoms with Gasteiger partial charge in [0.15, 0.2) is 0 Å². The van der Waals surface area contributed by atoms with Crippen molar-refractivity contribution in [2.24, 2.45) is 0 Å². The molecule has 240 valence electrons. The standard InChI is InChI=1S/C14H20N2.C4H10O2.4C3H8O.H2O.Ti/c1-3-16(4-2)10-9-12-11-15-14-8-6-5-7-13(12)14;1-4(2,3)6-5;4*1-3(2)4;;/h5-8,11,15H,3-4,9-10H2,1-2H3;5H,1-3H3;4*3-4H,1-2H3;1H2;. The number of para-hydroxylation sites is 1. The summed E-state index contributed by atoms with van der Waals surface area (Å²) < 4.78 is 0. The van der Waals surface area contributed by atoms with Gasteiger partial charge in [-0.25, -0.2) is 4.89 Å². The number of aromatic nitrogens is 1. The van der Waals surface area contributed by atoms with Gasteiger partial charge in [0.25, 0.3) is 0 Å². The van der Waals surface area contributed by atoms with E-state index in [4.69, 9.17) is 25.7 Å². The molecule has 0 atom stereocenters. The molecule has 1 heterocycles. The van der Waals surface area contributed by atoms with Gasteiger partial charge in [-0.05, 0) is 107 Å². The van der Waals surface area contributed by atoms with Crippen LogP contribution < -0.4 is 0 Å². The van der Waals surface area contributed by atoms with E-state index in [0.717, 1.165) is 26.1 Å². The SMILES string of the molecule is CC(C)(C)OO.CC(C)O.CC(C)O.CC(C)O.CC(C)O.CCN(CC)CCc1c[nH]c2ccccc12.O.[Ti]. The zero-order valence-electron chi connectivity index (χ0n) is 27.6. The zero-order chi connectivity index (χ0) is 30.9. The molecule has 0 amide bonds. The number of rotatable bonds is 5. The van der Waals surface area contributed by atoms with E-state index >= 15 is 0 Å². The number of aromatic amines is 1. The van der Waals surface area contributed by atoms with Crippen molar-refractivity contribution in [1.29, 1.82) is 0 Å². The van der Waals surface area contributed by atoms with Crippen molar-refractivity contribution in [3.05, 3.63) is 36.0 Å². The summed E-state index contributed by atoms with van der Waals surface area (Å²) in [6.45, 7) is 27.0. The van der Waals surface area contributed by atoms with Crippen molar-refractivity contribution in [2.45, 2.75) is 126 Å². The van der Waals surface area contributed by atoms with Crippen LogP contribution in [0.15, 0.2) is 30.5 Å². The zero-order valence-corrected chi connectivity index (χ0v) is 29.2. The fraction of sp³-hybridized carbons (Fsp3) is 0.733. The van der Waals surface area contributed by atoms with E-state index < -0.39 is 5.60 Å². The van der Waals surface area contributed by atoms with Crippen LogP contribution in [0, 0.1) is 0 Å². The molecule has 2 rings (SSSR count). The molecular formula is C30H64N2O7Ti. The van der Waals surface area contributed by atoms with Crippen LogP contribution in [-0.4, -0.2) is 90.7 Å². The van der Waals surface area contributed by atoms with Crippen molar-refractivity contribution in [3.63, 3.8) is 0 Å². The van der Waals surface area contributed by atoms with Gasteiger partial charge in [0.05, 0.1) is 5.60 Å². The Morgan fingerprint density at radius 3 is 1.40 bits per heavy atom. The predicted molar refractivity (Wildman–Crippen MR) is 166 cm³/mol. The number of hydrogen-bond acceptors (Lipinski definition) is 7. The smallest absolute Gasteiger partial charge is 0.0949 e. The number of aliphatic hydroxyl groups is 4. The molecule has 10 heteroatoms. The first-order chi connectivity index (χ1) is 17.3. The van der Waals surface area contributed by atoms with Crippen LogP contribution in [-0.2, 0) is 33.0 Å². The summed E-state index contributed by atoms with van der Waals surface area (Å²) in [6, 6.07) is 8.52. The minimum Gasteiger partial charge on any atom is -0.412 e. The van der Waals surface area contributed by atoms with Crippen molar-refractivity contribution in [2.75, 3.05) is 19.6 Å². The Labute approximate surface area is 260 Å². The number of nitrogens with zero attached hydrogens (tertiary/aromatic N) is 1. The van der Waals surface area contributed by atoms with Crippen LogP contribution in [0.5, 0.6) is 0 Å². The molecule has 0 unspecified atom stereocenters. The first-order valence-electron chi connectivity index (χ1n) is 13.7. The van der Waals surface area contributed by atoms with Gasteiger partial charge in [0.1, 0.15) is 0 Å². The normalized spacial score (nSPS) is 9.97. The summed E-state index contributed by atoms with van der Waals surface area (Å²) in [4.78, 5) is 9.73. The first kappa shape index (κ1) is 51.9. The molecule has 1 aromatic heterocycles. The Morgan fingerprint density at radius 1 is 0.775 bits per heavy atom. The third kappa shape index (κ3) is 50.0. The molecule has 1 aromatic carbocycles. The van der Waals surface area contributed by atoms with Gasteiger partial charge in [0, 0.05) is 69.8 Å². The summed E-state index contributed by atoms with van der Waals surface area (Å²) in [6.07, 6.45) is 2.61. The summed E-state index contributed by atoms with van der Waals surface area (Å²) in [7, 11) is 0. The maximum Gasteiger partial charge on any atom is 0.0949 e. The number of nitrogens with one attached hydrogen (secondary N) is 1. The van der Waals surface area contributed by atoms with Crippen molar-refractivity contribution in [3.8, 4) is 0 Å². The molecule has 0 aliphatic carbocycles. The fourth-order valence-electron chi connectivity index (χ4n) is 2.16. The summed E-state index contributed by atoms with van der Waals surface area (Å²) in [5, 5.41) is 41.5. The molecule has 0 fully saturated rings. The van der Waals surface area contributed by atoms with E-state index in [9.17, 15) is 0 Å². The molecule has 0 spiro atoms. The topological polar surface area (TPSA) is 161 Å². The molecule has 9 nitrogen and oxygen atoms in total. The molecule has 0 aliphatic heterocycles. The molecule has 0 aliphatic rings. The maximum absolute atomic E-state index is 8.06. The van der Waals surface area contributed by atoms with E-state index in [1.807, 2.05) is 0 Å². The second-order valence-corrected chi connectivity index (χ2v) is 10.7. The molecule has 0 radical (unpaired) electrons. The van der Waals surface area contributed by atoms with Gasteiger partial charge in [-0.1, -0.05) is 32.0 Å². The van der Waals surface area contributed by atoms with Crippen LogP contribution in [0.25, 0.3) is 10.9 Å². The van der Waals surface area contributed by atoms with Gasteiger partial charge in [-0.15, -0.1) is 0 Å². The maximum atomic E-state index is 8.06. The Kier molecular flexibility index (Phi) is 42.3. The van der Waals surface area contributed by atoms with Gasteiger partial charge in [-0.2, -0.15) is 0 Å². The van der Waals surface area contributed by atoms with Gasteiger partial charge in [0.2, 0.25) is 0 Å². The minimum absolute atomic E-state index is 0. The van der Waals surface area contributed by atoms with Crippen LogP contribution in [0.3, 0.4) is 0 Å². The monoisotopic (exact) mass is 612 g/mol. The van der Waals surface area contributed by atoms with Gasteiger partial charge in [-0.3, -0.25) is 5.26 Å². The second-order valence-electron chi connectivity index (χ2n) is 10.7. The number of fused-ring (bicyclic) bond motifs is 1. The van der Waals surface area contributed by atoms with E-state index in [1.165, 1.54) is 16.5 Å². The molecule has 2 aromatic rings. The Hall–Kier alpha value is -0.846. The van der Waals surface area contributed by atoms with E-state index in [1.54, 1.807) is 76.2 Å². The average Bonchev–Trinajstić information content (AvgIpc) is 3.16. The summed E-state index contributed by atoms with van der Waals surface area (Å²) in [5.74, 6) is 0. The van der Waals surface area contributed by atoms with E-state index in [2.05, 4.69) is 59.1 Å². The molecule has 0 saturated carbocycles. The van der Waals surface area contributed by atoms with E-state index in [-0.39, 0.29) is 51.6 Å². The molecule has 40 heavy (non-hydrogen) atoms. The third-order valence-electron chi connectivity index (χ3n) is 3.54.